The molecule has 1 amide bonds. The van der Waals surface area contributed by atoms with Crippen molar-refractivity contribution < 1.29 is 4.79 Å². The lowest BCUT2D eigenvalue weighted by Crippen LogP contribution is -2.41. The van der Waals surface area contributed by atoms with E-state index in [9.17, 15) is 4.79 Å². The number of nitrogens with zero attached hydrogens (tertiary/aromatic N) is 3. The first kappa shape index (κ1) is 17.0. The fourth-order valence-electron chi connectivity index (χ4n) is 3.56. The number of aromatic nitrogens is 1. The van der Waals surface area contributed by atoms with E-state index < -0.39 is 0 Å². The number of carbonyl (C=O) groups excluding carboxylic acids is 1. The number of hydrogen-bond donors (Lipinski definition) is 0. The van der Waals surface area contributed by atoms with Crippen LogP contribution in [0.1, 0.15) is 23.1 Å². The third-order valence-electron chi connectivity index (χ3n) is 5.04. The highest BCUT2D eigenvalue weighted by Crippen LogP contribution is 2.33. The van der Waals surface area contributed by atoms with Crippen molar-refractivity contribution in [3.63, 3.8) is 0 Å². The molecule has 0 N–H and O–H groups in total. The van der Waals surface area contributed by atoms with E-state index in [1.54, 1.807) is 11.3 Å². The van der Waals surface area contributed by atoms with Gasteiger partial charge in [0.2, 0.25) is 5.91 Å². The van der Waals surface area contributed by atoms with Gasteiger partial charge in [0.25, 0.3) is 0 Å². The standard InChI is InChI=1S/C21H23N3OS/c1-14-10-11-15(2)20-19(14)22-21(26-20)23(3)13-18(25)24-12-6-8-16-7-4-5-9-17(16)24/h4-5,7,9-11H,6,8,12-13H2,1-3H3. The Morgan fingerprint density at radius 3 is 2.77 bits per heavy atom. The number of anilines is 2. The molecule has 4 nitrogen and oxygen atoms in total. The minimum Gasteiger partial charge on any atom is -0.342 e. The highest BCUT2D eigenvalue weighted by molar-refractivity contribution is 7.22. The van der Waals surface area contributed by atoms with Gasteiger partial charge in [0.1, 0.15) is 0 Å². The highest BCUT2D eigenvalue weighted by atomic mass is 32.1. The first-order valence-corrected chi connectivity index (χ1v) is 9.82. The van der Waals surface area contributed by atoms with Crippen LogP contribution < -0.4 is 9.80 Å². The van der Waals surface area contributed by atoms with Crippen molar-refractivity contribution in [3.05, 3.63) is 53.1 Å². The molecule has 1 aliphatic heterocycles. The van der Waals surface area contributed by atoms with Gasteiger partial charge in [-0.25, -0.2) is 4.98 Å². The third-order valence-corrected chi connectivity index (χ3v) is 6.35. The average Bonchev–Trinajstić information content (AvgIpc) is 3.11. The molecule has 0 fully saturated rings. The van der Waals surface area contributed by atoms with Crippen LogP contribution in [-0.2, 0) is 11.2 Å². The lowest BCUT2D eigenvalue weighted by molar-refractivity contribution is -0.117. The summed E-state index contributed by atoms with van der Waals surface area (Å²) in [5.74, 6) is 0.132. The predicted molar refractivity (Wildman–Crippen MR) is 109 cm³/mol. The predicted octanol–water partition coefficient (Wildman–Crippen LogP) is 4.33. The number of thiazole rings is 1. The molecule has 1 aromatic heterocycles. The van der Waals surface area contributed by atoms with Gasteiger partial charge in [0, 0.05) is 19.3 Å². The van der Waals surface area contributed by atoms with Crippen molar-refractivity contribution in [2.24, 2.45) is 0 Å². The second-order valence-electron chi connectivity index (χ2n) is 7.01. The summed E-state index contributed by atoms with van der Waals surface area (Å²) in [4.78, 5) is 21.6. The van der Waals surface area contributed by atoms with E-state index in [0.717, 1.165) is 35.7 Å². The van der Waals surface area contributed by atoms with Crippen LogP contribution >= 0.6 is 11.3 Å². The minimum absolute atomic E-state index is 0.132. The Bertz CT molecular complexity index is 940. The van der Waals surface area contributed by atoms with Gasteiger partial charge in [-0.2, -0.15) is 0 Å². The lowest BCUT2D eigenvalue weighted by atomic mass is 10.0. The van der Waals surface area contributed by atoms with E-state index in [4.69, 9.17) is 4.98 Å². The fraction of sp³-hybridized carbons (Fsp3) is 0.333. The summed E-state index contributed by atoms with van der Waals surface area (Å²) < 4.78 is 1.21. The summed E-state index contributed by atoms with van der Waals surface area (Å²) in [5, 5.41) is 0.899. The summed E-state index contributed by atoms with van der Waals surface area (Å²) in [6.07, 6.45) is 2.07. The number of carbonyl (C=O) groups is 1. The van der Waals surface area contributed by atoms with Crippen LogP contribution in [0.5, 0.6) is 0 Å². The van der Waals surface area contributed by atoms with E-state index in [1.807, 2.05) is 29.0 Å². The van der Waals surface area contributed by atoms with Crippen molar-refractivity contribution >= 4 is 38.3 Å². The van der Waals surface area contributed by atoms with Gasteiger partial charge >= 0.3 is 0 Å². The Morgan fingerprint density at radius 2 is 1.96 bits per heavy atom. The largest absolute Gasteiger partial charge is 0.342 e. The number of hydrogen-bond acceptors (Lipinski definition) is 4. The van der Waals surface area contributed by atoms with Crippen molar-refractivity contribution in [1.29, 1.82) is 0 Å². The van der Waals surface area contributed by atoms with Crippen LogP contribution in [0, 0.1) is 13.8 Å². The van der Waals surface area contributed by atoms with Gasteiger partial charge in [0.05, 0.1) is 16.8 Å². The Hall–Kier alpha value is -2.40. The van der Waals surface area contributed by atoms with Gasteiger partial charge in [-0.1, -0.05) is 41.7 Å². The van der Waals surface area contributed by atoms with Gasteiger partial charge in [-0.15, -0.1) is 0 Å². The van der Waals surface area contributed by atoms with Crippen molar-refractivity contribution in [1.82, 2.24) is 4.98 Å². The van der Waals surface area contributed by atoms with Crippen molar-refractivity contribution in [2.75, 3.05) is 29.9 Å². The highest BCUT2D eigenvalue weighted by Gasteiger charge is 2.24. The molecule has 0 saturated carbocycles. The van der Waals surface area contributed by atoms with Gasteiger partial charge in [0.15, 0.2) is 5.13 Å². The quantitative estimate of drug-likeness (QED) is 0.693. The van der Waals surface area contributed by atoms with Gasteiger partial charge in [-0.3, -0.25) is 4.79 Å². The molecule has 5 heteroatoms. The summed E-state index contributed by atoms with van der Waals surface area (Å²) in [6, 6.07) is 12.5. The average molecular weight is 366 g/mol. The molecule has 0 unspecified atom stereocenters. The smallest absolute Gasteiger partial charge is 0.246 e. The first-order chi connectivity index (χ1) is 12.5. The molecule has 0 radical (unpaired) electrons. The molecule has 0 aliphatic carbocycles. The number of benzene rings is 2. The fourth-order valence-corrected chi connectivity index (χ4v) is 4.63. The third kappa shape index (κ3) is 2.97. The Balaban J connectivity index is 1.57. The molecule has 1 aliphatic rings. The van der Waals surface area contributed by atoms with Crippen LogP contribution in [0.4, 0.5) is 10.8 Å². The SMILES string of the molecule is Cc1ccc(C)c2sc(N(C)CC(=O)N3CCCc4ccccc43)nc12. The molecule has 134 valence electrons. The maximum absolute atomic E-state index is 13.0. The molecule has 0 bridgehead atoms. The molecule has 3 aromatic rings. The van der Waals surface area contributed by atoms with E-state index in [1.165, 1.54) is 21.4 Å². The molecule has 2 heterocycles. The summed E-state index contributed by atoms with van der Waals surface area (Å²) >= 11 is 1.66. The molecule has 4 rings (SSSR count). The first-order valence-electron chi connectivity index (χ1n) is 9.01. The van der Waals surface area contributed by atoms with Gasteiger partial charge < -0.3 is 9.80 Å². The Morgan fingerprint density at radius 1 is 1.19 bits per heavy atom. The normalized spacial score (nSPS) is 13.7. The molecule has 0 spiro atoms. The Labute approximate surface area is 158 Å². The van der Waals surface area contributed by atoms with Gasteiger partial charge in [-0.05, 0) is 49.4 Å². The Kier molecular flexibility index (Phi) is 4.41. The van der Waals surface area contributed by atoms with E-state index >= 15 is 0 Å². The van der Waals surface area contributed by atoms with E-state index in [-0.39, 0.29) is 5.91 Å². The summed E-state index contributed by atoms with van der Waals surface area (Å²) in [7, 11) is 1.95. The van der Waals surface area contributed by atoms with Crippen LogP contribution in [0.3, 0.4) is 0 Å². The zero-order valence-electron chi connectivity index (χ0n) is 15.5. The number of fused-ring (bicyclic) bond motifs is 2. The van der Waals surface area contributed by atoms with E-state index in [0.29, 0.717) is 6.54 Å². The van der Waals surface area contributed by atoms with Crippen LogP contribution in [-0.4, -0.2) is 31.0 Å². The number of aryl methyl sites for hydroxylation is 3. The molecule has 0 atom stereocenters. The second-order valence-corrected chi connectivity index (χ2v) is 7.98. The zero-order chi connectivity index (χ0) is 18.3. The number of para-hydroxylation sites is 1. The molecule has 2 aromatic carbocycles. The number of rotatable bonds is 3. The molecule has 0 saturated heterocycles. The number of amides is 1. The topological polar surface area (TPSA) is 36.4 Å². The second kappa shape index (κ2) is 6.72. The van der Waals surface area contributed by atoms with Crippen LogP contribution in [0.25, 0.3) is 10.2 Å². The monoisotopic (exact) mass is 365 g/mol. The lowest BCUT2D eigenvalue weighted by Gasteiger charge is -2.30. The van der Waals surface area contributed by atoms with E-state index in [2.05, 4.69) is 38.1 Å². The number of likely N-dealkylation sites (N-methyl/N-ethyl adjacent to an activating group) is 1. The molecule has 26 heavy (non-hydrogen) atoms. The maximum atomic E-state index is 13.0. The summed E-state index contributed by atoms with van der Waals surface area (Å²) in [6.45, 7) is 5.33. The maximum Gasteiger partial charge on any atom is 0.246 e. The molecular weight excluding hydrogens is 342 g/mol. The van der Waals surface area contributed by atoms with Crippen LogP contribution in [0.15, 0.2) is 36.4 Å². The minimum atomic E-state index is 0.132. The zero-order valence-corrected chi connectivity index (χ0v) is 16.3. The van der Waals surface area contributed by atoms with Crippen molar-refractivity contribution in [2.45, 2.75) is 26.7 Å². The van der Waals surface area contributed by atoms with Crippen molar-refractivity contribution in [3.8, 4) is 0 Å². The van der Waals surface area contributed by atoms with Crippen LogP contribution in [0.2, 0.25) is 0 Å². The molecular formula is C21H23N3OS. The summed E-state index contributed by atoms with van der Waals surface area (Å²) in [5.41, 5.74) is 5.79.